The number of aromatic nitrogens is 1. The van der Waals surface area contributed by atoms with Gasteiger partial charge in [0.2, 0.25) is 5.91 Å². The quantitative estimate of drug-likeness (QED) is 0.754. The van der Waals surface area contributed by atoms with Crippen LogP contribution in [0.1, 0.15) is 6.92 Å². The Labute approximate surface area is 82.1 Å². The summed E-state index contributed by atoms with van der Waals surface area (Å²) in [5.41, 5.74) is 0.747. The molecule has 1 N–H and O–H groups in total. The Balaban J connectivity index is 2.55. The zero-order valence-corrected chi connectivity index (χ0v) is 8.08. The van der Waals surface area contributed by atoms with Gasteiger partial charge in [-0.2, -0.15) is 0 Å². The molecule has 0 spiro atoms. The highest BCUT2D eigenvalue weighted by molar-refractivity contribution is 6.19. The standard InChI is InChI=1S/C9H11ClN2O/c1-7(6-10)9(13)12-8-2-4-11-5-3-8/h2-5,7H,6H2,1H3,(H,11,12,13). The van der Waals surface area contributed by atoms with Crippen LogP contribution < -0.4 is 5.32 Å². The van der Waals surface area contributed by atoms with Crippen LogP contribution in [0.15, 0.2) is 24.5 Å². The van der Waals surface area contributed by atoms with Crippen LogP contribution in [0, 0.1) is 5.92 Å². The maximum absolute atomic E-state index is 11.3. The van der Waals surface area contributed by atoms with E-state index in [1.54, 1.807) is 31.5 Å². The van der Waals surface area contributed by atoms with Crippen molar-refractivity contribution in [2.75, 3.05) is 11.2 Å². The fourth-order valence-corrected chi connectivity index (χ4v) is 0.911. The number of anilines is 1. The van der Waals surface area contributed by atoms with Gasteiger partial charge in [-0.3, -0.25) is 9.78 Å². The number of halogens is 1. The fraction of sp³-hybridized carbons (Fsp3) is 0.333. The monoisotopic (exact) mass is 198 g/mol. The highest BCUT2D eigenvalue weighted by atomic mass is 35.5. The number of nitrogens with one attached hydrogen (secondary N) is 1. The summed E-state index contributed by atoms with van der Waals surface area (Å²) in [7, 11) is 0. The second kappa shape index (κ2) is 4.82. The number of alkyl halides is 1. The van der Waals surface area contributed by atoms with Gasteiger partial charge in [0.15, 0.2) is 0 Å². The minimum atomic E-state index is -0.171. The van der Waals surface area contributed by atoms with Crippen LogP contribution in [0.3, 0.4) is 0 Å². The molecule has 1 atom stereocenters. The molecule has 0 bridgehead atoms. The Morgan fingerprint density at radius 3 is 2.77 bits per heavy atom. The number of carbonyl (C=O) groups excluding carboxylic acids is 1. The van der Waals surface area contributed by atoms with Crippen molar-refractivity contribution in [3.63, 3.8) is 0 Å². The summed E-state index contributed by atoms with van der Waals surface area (Å²) in [6.45, 7) is 1.78. The van der Waals surface area contributed by atoms with E-state index in [0.29, 0.717) is 5.88 Å². The molecule has 1 rings (SSSR count). The average Bonchev–Trinajstić information content (AvgIpc) is 2.18. The first-order valence-corrected chi connectivity index (χ1v) is 4.54. The first kappa shape index (κ1) is 9.99. The molecule has 4 heteroatoms. The van der Waals surface area contributed by atoms with Gasteiger partial charge in [-0.15, -0.1) is 11.6 Å². The molecule has 0 aromatic carbocycles. The number of amides is 1. The SMILES string of the molecule is CC(CCl)C(=O)Nc1ccncc1. The van der Waals surface area contributed by atoms with Gasteiger partial charge in [-0.1, -0.05) is 6.92 Å². The number of nitrogens with zero attached hydrogens (tertiary/aromatic N) is 1. The highest BCUT2D eigenvalue weighted by Crippen LogP contribution is 2.07. The molecular formula is C9H11ClN2O. The smallest absolute Gasteiger partial charge is 0.228 e. The summed E-state index contributed by atoms with van der Waals surface area (Å²) >= 11 is 5.54. The van der Waals surface area contributed by atoms with Gasteiger partial charge in [0, 0.05) is 29.9 Å². The van der Waals surface area contributed by atoms with Crippen molar-refractivity contribution >= 4 is 23.2 Å². The lowest BCUT2D eigenvalue weighted by atomic mass is 10.2. The lowest BCUT2D eigenvalue weighted by molar-refractivity contribution is -0.118. The average molecular weight is 199 g/mol. The topological polar surface area (TPSA) is 42.0 Å². The van der Waals surface area contributed by atoms with Gasteiger partial charge >= 0.3 is 0 Å². The Kier molecular flexibility index (Phi) is 3.71. The maximum Gasteiger partial charge on any atom is 0.228 e. The molecule has 1 aromatic rings. The Morgan fingerprint density at radius 2 is 2.23 bits per heavy atom. The number of hydrogen-bond acceptors (Lipinski definition) is 2. The second-order valence-corrected chi connectivity index (χ2v) is 3.09. The predicted molar refractivity (Wildman–Crippen MR) is 52.8 cm³/mol. The van der Waals surface area contributed by atoms with Crippen LogP contribution in [0.5, 0.6) is 0 Å². The number of hydrogen-bond donors (Lipinski definition) is 1. The Morgan fingerprint density at radius 1 is 1.62 bits per heavy atom. The first-order valence-electron chi connectivity index (χ1n) is 4.01. The Hall–Kier alpha value is -1.09. The van der Waals surface area contributed by atoms with Gasteiger partial charge < -0.3 is 5.32 Å². The van der Waals surface area contributed by atoms with Crippen LogP contribution in [0.25, 0.3) is 0 Å². The molecule has 0 fully saturated rings. The zero-order chi connectivity index (χ0) is 9.68. The van der Waals surface area contributed by atoms with E-state index in [4.69, 9.17) is 11.6 Å². The van der Waals surface area contributed by atoms with Gasteiger partial charge in [-0.25, -0.2) is 0 Å². The van der Waals surface area contributed by atoms with Gasteiger partial charge in [0.05, 0.1) is 0 Å². The van der Waals surface area contributed by atoms with Crippen molar-refractivity contribution in [2.24, 2.45) is 5.92 Å². The van der Waals surface area contributed by atoms with Crippen LogP contribution >= 0.6 is 11.6 Å². The van der Waals surface area contributed by atoms with E-state index in [9.17, 15) is 4.79 Å². The van der Waals surface area contributed by atoms with E-state index >= 15 is 0 Å². The number of rotatable bonds is 3. The molecule has 3 nitrogen and oxygen atoms in total. The minimum absolute atomic E-state index is 0.0683. The normalized spacial score (nSPS) is 12.2. The van der Waals surface area contributed by atoms with Crippen LogP contribution in [0.2, 0.25) is 0 Å². The maximum atomic E-state index is 11.3. The number of pyridine rings is 1. The fourth-order valence-electron chi connectivity index (χ4n) is 0.771. The molecule has 1 unspecified atom stereocenters. The first-order chi connectivity index (χ1) is 6.24. The van der Waals surface area contributed by atoms with Crippen molar-refractivity contribution < 1.29 is 4.79 Å². The highest BCUT2D eigenvalue weighted by Gasteiger charge is 2.10. The van der Waals surface area contributed by atoms with E-state index in [2.05, 4.69) is 10.3 Å². The van der Waals surface area contributed by atoms with E-state index in [-0.39, 0.29) is 11.8 Å². The third-order valence-electron chi connectivity index (χ3n) is 1.63. The van der Waals surface area contributed by atoms with E-state index in [1.165, 1.54) is 0 Å². The molecule has 0 radical (unpaired) electrons. The van der Waals surface area contributed by atoms with Gasteiger partial charge in [-0.05, 0) is 12.1 Å². The summed E-state index contributed by atoms with van der Waals surface area (Å²) in [4.78, 5) is 15.2. The van der Waals surface area contributed by atoms with Crippen molar-refractivity contribution in [3.05, 3.63) is 24.5 Å². The van der Waals surface area contributed by atoms with E-state index < -0.39 is 0 Å². The second-order valence-electron chi connectivity index (χ2n) is 2.78. The molecule has 1 heterocycles. The van der Waals surface area contributed by atoms with Crippen molar-refractivity contribution in [3.8, 4) is 0 Å². The van der Waals surface area contributed by atoms with Crippen molar-refractivity contribution in [2.45, 2.75) is 6.92 Å². The molecule has 0 aliphatic heterocycles. The van der Waals surface area contributed by atoms with Crippen LogP contribution in [-0.4, -0.2) is 16.8 Å². The minimum Gasteiger partial charge on any atom is -0.326 e. The molecule has 0 saturated heterocycles. The molecule has 1 amide bonds. The number of carbonyl (C=O) groups is 1. The molecule has 70 valence electrons. The predicted octanol–water partition coefficient (Wildman–Crippen LogP) is 1.89. The summed E-state index contributed by atoms with van der Waals surface area (Å²) in [5, 5.41) is 2.73. The molecule has 13 heavy (non-hydrogen) atoms. The van der Waals surface area contributed by atoms with E-state index in [0.717, 1.165) is 5.69 Å². The van der Waals surface area contributed by atoms with Crippen LogP contribution in [0.4, 0.5) is 5.69 Å². The lowest BCUT2D eigenvalue weighted by Gasteiger charge is -2.08. The summed E-state index contributed by atoms with van der Waals surface area (Å²) in [5.74, 6) is 0.0905. The van der Waals surface area contributed by atoms with E-state index in [1.807, 2.05) is 0 Å². The summed E-state index contributed by atoms with van der Waals surface area (Å²) < 4.78 is 0. The molecule has 1 aromatic heterocycles. The van der Waals surface area contributed by atoms with Crippen molar-refractivity contribution in [1.29, 1.82) is 0 Å². The largest absolute Gasteiger partial charge is 0.326 e. The lowest BCUT2D eigenvalue weighted by Crippen LogP contribution is -2.21. The molecule has 0 aliphatic rings. The summed E-state index contributed by atoms with van der Waals surface area (Å²) in [6, 6.07) is 3.47. The van der Waals surface area contributed by atoms with Crippen LogP contribution in [-0.2, 0) is 4.79 Å². The third-order valence-corrected chi connectivity index (χ3v) is 2.09. The third kappa shape index (κ3) is 3.03. The van der Waals surface area contributed by atoms with Gasteiger partial charge in [0.25, 0.3) is 0 Å². The van der Waals surface area contributed by atoms with Crippen molar-refractivity contribution in [1.82, 2.24) is 4.98 Å². The van der Waals surface area contributed by atoms with Gasteiger partial charge in [0.1, 0.15) is 0 Å². The molecular weight excluding hydrogens is 188 g/mol. The molecule has 0 saturated carbocycles. The Bertz CT molecular complexity index is 276. The molecule has 0 aliphatic carbocycles. The summed E-state index contributed by atoms with van der Waals surface area (Å²) in [6.07, 6.45) is 3.25. The zero-order valence-electron chi connectivity index (χ0n) is 7.33.